The number of methoxy groups -OCH3 is 1. The van der Waals surface area contributed by atoms with Gasteiger partial charge in [-0.15, -0.1) is 0 Å². The molecule has 3 aliphatic heterocycles. The van der Waals surface area contributed by atoms with Gasteiger partial charge >= 0.3 is 6.03 Å². The van der Waals surface area contributed by atoms with Crippen molar-refractivity contribution in [3.05, 3.63) is 59.7 Å². The maximum Gasteiger partial charge on any atom is 0.325 e. The van der Waals surface area contributed by atoms with Crippen LogP contribution in [0.15, 0.2) is 42.6 Å². The molecule has 186 valence electrons. The number of carbonyl (C=O) groups excluding carboxylic acids is 2. The van der Waals surface area contributed by atoms with Crippen molar-refractivity contribution in [2.45, 2.75) is 43.9 Å². The Labute approximate surface area is 204 Å². The standard InChI is InChI=1S/C26H31FN4O4/c1-34-22-15-18(7-8-21(22)27)16-30-12-9-19(10-13-30)26(23-6-2-3-11-28-23)24(32)31(25(33)29-26)17-20-5-4-14-35-20/h2-3,6-8,11,15,19-20H,4-5,9-10,12-14,16-17H2,1H3,(H,29,33)/t20-,26+/m1/s1. The highest BCUT2D eigenvalue weighted by Crippen LogP contribution is 2.41. The molecule has 1 N–H and O–H groups in total. The number of halogens is 1. The number of benzene rings is 1. The molecule has 3 fully saturated rings. The van der Waals surface area contributed by atoms with Gasteiger partial charge in [0.25, 0.3) is 5.91 Å². The number of ether oxygens (including phenoxy) is 2. The summed E-state index contributed by atoms with van der Waals surface area (Å²) < 4.78 is 24.6. The fourth-order valence-corrected chi connectivity index (χ4v) is 5.59. The molecule has 35 heavy (non-hydrogen) atoms. The van der Waals surface area contributed by atoms with E-state index in [9.17, 15) is 14.0 Å². The Hall–Kier alpha value is -3.04. The highest BCUT2D eigenvalue weighted by Gasteiger charge is 2.58. The van der Waals surface area contributed by atoms with Crippen LogP contribution in [0.1, 0.15) is 36.9 Å². The zero-order chi connectivity index (χ0) is 24.4. The largest absolute Gasteiger partial charge is 0.494 e. The van der Waals surface area contributed by atoms with Gasteiger partial charge in [0, 0.05) is 19.3 Å². The first-order valence-electron chi connectivity index (χ1n) is 12.2. The summed E-state index contributed by atoms with van der Waals surface area (Å²) in [6.07, 6.45) is 4.77. The monoisotopic (exact) mass is 482 g/mol. The van der Waals surface area contributed by atoms with Gasteiger partial charge in [-0.2, -0.15) is 0 Å². The van der Waals surface area contributed by atoms with Gasteiger partial charge in [0.15, 0.2) is 17.1 Å². The molecule has 0 unspecified atom stereocenters. The molecule has 9 heteroatoms. The molecule has 8 nitrogen and oxygen atoms in total. The van der Waals surface area contributed by atoms with E-state index in [1.165, 1.54) is 18.1 Å². The van der Waals surface area contributed by atoms with Gasteiger partial charge in [0.2, 0.25) is 0 Å². The highest BCUT2D eigenvalue weighted by molar-refractivity contribution is 6.07. The Morgan fingerprint density at radius 1 is 1.20 bits per heavy atom. The average Bonchev–Trinajstić information content (AvgIpc) is 3.49. The van der Waals surface area contributed by atoms with Crippen molar-refractivity contribution >= 4 is 11.9 Å². The van der Waals surface area contributed by atoms with Crippen LogP contribution in [0.25, 0.3) is 0 Å². The first-order valence-corrected chi connectivity index (χ1v) is 12.2. The van der Waals surface area contributed by atoms with Crippen molar-refractivity contribution in [1.29, 1.82) is 0 Å². The van der Waals surface area contributed by atoms with Gasteiger partial charge in [-0.25, -0.2) is 9.18 Å². The van der Waals surface area contributed by atoms with Crippen LogP contribution in [0, 0.1) is 11.7 Å². The van der Waals surface area contributed by atoms with E-state index in [1.54, 1.807) is 18.3 Å². The summed E-state index contributed by atoms with van der Waals surface area (Å²) in [6.45, 7) is 3.08. The second-order valence-electron chi connectivity index (χ2n) is 9.52. The van der Waals surface area contributed by atoms with E-state index in [0.717, 1.165) is 31.5 Å². The van der Waals surface area contributed by atoms with Gasteiger partial charge in [-0.05, 0) is 74.5 Å². The zero-order valence-corrected chi connectivity index (χ0v) is 19.9. The zero-order valence-electron chi connectivity index (χ0n) is 19.9. The van der Waals surface area contributed by atoms with Crippen LogP contribution in [-0.2, 0) is 21.6 Å². The number of pyridine rings is 1. The third-order valence-electron chi connectivity index (χ3n) is 7.43. The molecule has 1 aromatic heterocycles. The Balaban J connectivity index is 1.34. The van der Waals surface area contributed by atoms with Crippen LogP contribution in [0.4, 0.5) is 9.18 Å². The van der Waals surface area contributed by atoms with E-state index < -0.39 is 5.54 Å². The van der Waals surface area contributed by atoms with E-state index in [1.807, 2.05) is 18.2 Å². The molecular formula is C26H31FN4O4. The number of likely N-dealkylation sites (tertiary alicyclic amines) is 1. The molecule has 2 aromatic rings. The number of amides is 3. The molecule has 0 spiro atoms. The molecule has 0 saturated carbocycles. The lowest BCUT2D eigenvalue weighted by molar-refractivity contribution is -0.135. The summed E-state index contributed by atoms with van der Waals surface area (Å²) in [7, 11) is 1.46. The number of nitrogens with one attached hydrogen (secondary N) is 1. The van der Waals surface area contributed by atoms with Crippen LogP contribution in [0.2, 0.25) is 0 Å². The number of aromatic nitrogens is 1. The number of imide groups is 1. The van der Waals surface area contributed by atoms with Crippen LogP contribution in [0.5, 0.6) is 5.75 Å². The summed E-state index contributed by atoms with van der Waals surface area (Å²) in [6, 6.07) is 10.0. The summed E-state index contributed by atoms with van der Waals surface area (Å²) in [5.74, 6) is -0.479. The van der Waals surface area contributed by atoms with E-state index in [2.05, 4.69) is 15.2 Å². The van der Waals surface area contributed by atoms with E-state index in [-0.39, 0.29) is 42.1 Å². The van der Waals surface area contributed by atoms with E-state index >= 15 is 0 Å². The number of nitrogens with zero attached hydrogens (tertiary/aromatic N) is 3. The fourth-order valence-electron chi connectivity index (χ4n) is 5.59. The molecule has 3 amide bonds. The molecule has 3 saturated heterocycles. The second kappa shape index (κ2) is 9.91. The Morgan fingerprint density at radius 2 is 2.03 bits per heavy atom. The van der Waals surface area contributed by atoms with Crippen LogP contribution in [-0.4, -0.2) is 66.2 Å². The van der Waals surface area contributed by atoms with Crippen LogP contribution in [0.3, 0.4) is 0 Å². The first kappa shape index (κ1) is 23.7. The van der Waals surface area contributed by atoms with Gasteiger partial charge in [-0.3, -0.25) is 19.6 Å². The Morgan fingerprint density at radius 3 is 2.71 bits per heavy atom. The predicted octanol–water partition coefficient (Wildman–Crippen LogP) is 3.07. The molecular weight excluding hydrogens is 451 g/mol. The minimum Gasteiger partial charge on any atom is -0.494 e. The summed E-state index contributed by atoms with van der Waals surface area (Å²) >= 11 is 0. The van der Waals surface area contributed by atoms with Gasteiger partial charge < -0.3 is 14.8 Å². The summed E-state index contributed by atoms with van der Waals surface area (Å²) in [4.78, 5) is 35.1. The molecule has 0 bridgehead atoms. The number of piperidine rings is 1. The van der Waals surface area contributed by atoms with Crippen LogP contribution >= 0.6 is 0 Å². The van der Waals surface area contributed by atoms with Crippen molar-refractivity contribution in [3.8, 4) is 5.75 Å². The lowest BCUT2D eigenvalue weighted by Crippen LogP contribution is -2.54. The summed E-state index contributed by atoms with van der Waals surface area (Å²) in [5.41, 5.74) is 0.367. The number of hydrogen-bond donors (Lipinski definition) is 1. The van der Waals surface area contributed by atoms with E-state index in [0.29, 0.717) is 31.7 Å². The number of urea groups is 1. The van der Waals surface area contributed by atoms with Gasteiger partial charge in [0.1, 0.15) is 0 Å². The molecule has 5 rings (SSSR count). The molecule has 3 aliphatic rings. The minimum absolute atomic E-state index is 0.0950. The second-order valence-corrected chi connectivity index (χ2v) is 9.52. The number of rotatable bonds is 7. The van der Waals surface area contributed by atoms with Gasteiger partial charge in [0.05, 0.1) is 25.5 Å². The van der Waals surface area contributed by atoms with Crippen molar-refractivity contribution in [1.82, 2.24) is 20.1 Å². The van der Waals surface area contributed by atoms with Gasteiger partial charge in [-0.1, -0.05) is 12.1 Å². The SMILES string of the molecule is COc1cc(CN2CCC([C@@]3(c4ccccn4)NC(=O)N(C[C@H]4CCCO4)C3=O)CC2)ccc1F. The number of hydrogen-bond acceptors (Lipinski definition) is 6. The quantitative estimate of drug-likeness (QED) is 0.611. The maximum atomic E-state index is 13.9. The van der Waals surface area contributed by atoms with Crippen molar-refractivity contribution in [2.75, 3.05) is 33.4 Å². The molecule has 4 heterocycles. The smallest absolute Gasteiger partial charge is 0.325 e. The van der Waals surface area contributed by atoms with Crippen molar-refractivity contribution in [3.63, 3.8) is 0 Å². The molecule has 1 aromatic carbocycles. The molecule has 0 aliphatic carbocycles. The molecule has 2 atom stereocenters. The Kier molecular flexibility index (Phi) is 6.71. The van der Waals surface area contributed by atoms with Crippen molar-refractivity contribution < 1.29 is 23.5 Å². The fraction of sp³-hybridized carbons (Fsp3) is 0.500. The van der Waals surface area contributed by atoms with Crippen molar-refractivity contribution in [2.24, 2.45) is 5.92 Å². The maximum absolute atomic E-state index is 13.9. The van der Waals surface area contributed by atoms with Crippen LogP contribution < -0.4 is 10.1 Å². The summed E-state index contributed by atoms with van der Waals surface area (Å²) in [5, 5.41) is 3.06. The Bertz CT molecular complexity index is 1070. The first-order chi connectivity index (χ1) is 17.0. The lowest BCUT2D eigenvalue weighted by atomic mass is 9.75. The minimum atomic E-state index is -1.18. The molecule has 0 radical (unpaired) electrons. The predicted molar refractivity (Wildman–Crippen MR) is 126 cm³/mol. The lowest BCUT2D eigenvalue weighted by Gasteiger charge is -2.40. The third kappa shape index (κ3) is 4.50. The third-order valence-corrected chi connectivity index (χ3v) is 7.43. The normalized spacial score (nSPS) is 25.8. The number of carbonyl (C=O) groups is 2. The van der Waals surface area contributed by atoms with E-state index in [4.69, 9.17) is 9.47 Å². The average molecular weight is 483 g/mol. The highest BCUT2D eigenvalue weighted by atomic mass is 19.1. The topological polar surface area (TPSA) is 84.0 Å².